The van der Waals surface area contributed by atoms with Crippen molar-refractivity contribution in [1.82, 2.24) is 20.0 Å². The highest BCUT2D eigenvalue weighted by Gasteiger charge is 2.25. The van der Waals surface area contributed by atoms with E-state index in [0.717, 1.165) is 0 Å². The van der Waals surface area contributed by atoms with Gasteiger partial charge in [0.25, 0.3) is 11.8 Å². The number of carbonyl (C=O) groups is 3. The van der Waals surface area contributed by atoms with Gasteiger partial charge in [0.15, 0.2) is 0 Å². The number of nitrogens with two attached hydrogens (primary N) is 1. The summed E-state index contributed by atoms with van der Waals surface area (Å²) in [7, 11) is 1.77. The largest absolute Gasteiger partial charge is 0.457 e. The van der Waals surface area contributed by atoms with Crippen molar-refractivity contribution in [3.05, 3.63) is 77.6 Å². The fraction of sp³-hybridized carbons (Fsp3) is 0.250. The fourth-order valence-electron chi connectivity index (χ4n) is 3.71. The molecule has 0 spiro atoms. The quantitative estimate of drug-likeness (QED) is 0.601. The number of hydrogen-bond donors (Lipinski definition) is 2. The second kappa shape index (κ2) is 9.56. The molecule has 9 heteroatoms. The van der Waals surface area contributed by atoms with Gasteiger partial charge in [0, 0.05) is 43.5 Å². The number of rotatable bonds is 6. The van der Waals surface area contributed by atoms with E-state index in [2.05, 4.69) is 10.4 Å². The summed E-state index contributed by atoms with van der Waals surface area (Å²) in [6.45, 7) is 1.14. The molecule has 3 N–H and O–H groups in total. The summed E-state index contributed by atoms with van der Waals surface area (Å²) in [5.41, 5.74) is 6.75. The molecule has 0 unspecified atom stereocenters. The summed E-state index contributed by atoms with van der Waals surface area (Å²) in [5.74, 6) is 0.450. The van der Waals surface area contributed by atoms with Gasteiger partial charge in [-0.3, -0.25) is 19.1 Å². The van der Waals surface area contributed by atoms with E-state index in [4.69, 9.17) is 10.5 Å². The van der Waals surface area contributed by atoms with Crippen LogP contribution in [0.3, 0.4) is 0 Å². The Bertz CT molecular complexity index is 1150. The molecule has 170 valence electrons. The lowest BCUT2D eigenvalue weighted by Crippen LogP contribution is -2.46. The Labute approximate surface area is 191 Å². The molecule has 33 heavy (non-hydrogen) atoms. The van der Waals surface area contributed by atoms with Crippen molar-refractivity contribution in [2.24, 2.45) is 12.8 Å². The van der Waals surface area contributed by atoms with Crippen molar-refractivity contribution in [2.45, 2.75) is 18.9 Å². The number of aryl methyl sites for hydroxylation is 1. The Balaban J connectivity index is 1.29. The Hall–Kier alpha value is -4.14. The summed E-state index contributed by atoms with van der Waals surface area (Å²) in [4.78, 5) is 38.1. The van der Waals surface area contributed by atoms with Gasteiger partial charge in [-0.05, 0) is 61.4 Å². The van der Waals surface area contributed by atoms with E-state index in [1.807, 2.05) is 0 Å². The predicted molar refractivity (Wildman–Crippen MR) is 121 cm³/mol. The first kappa shape index (κ1) is 22.1. The van der Waals surface area contributed by atoms with Gasteiger partial charge >= 0.3 is 0 Å². The lowest BCUT2D eigenvalue weighted by Gasteiger charge is -2.32. The SMILES string of the molecule is Cn1cc(C(=O)NC2CCN(C(=O)c3ccc(Oc4ccc(C(N)=O)cc4)cc3)CC2)cn1. The average Bonchev–Trinajstić information content (AvgIpc) is 3.26. The number of ether oxygens (including phenoxy) is 1. The molecule has 0 saturated carbocycles. The number of hydrogen-bond acceptors (Lipinski definition) is 5. The van der Waals surface area contributed by atoms with Gasteiger partial charge in [-0.15, -0.1) is 0 Å². The molecular formula is C24H25N5O4. The molecule has 0 aliphatic carbocycles. The number of carbonyl (C=O) groups excluding carboxylic acids is 3. The second-order valence-corrected chi connectivity index (χ2v) is 7.96. The molecule has 0 radical (unpaired) electrons. The Kier molecular flexibility index (Phi) is 6.39. The van der Waals surface area contributed by atoms with Crippen LogP contribution in [0.4, 0.5) is 0 Å². The molecular weight excluding hydrogens is 422 g/mol. The third-order valence-electron chi connectivity index (χ3n) is 5.56. The highest BCUT2D eigenvalue weighted by atomic mass is 16.5. The van der Waals surface area contributed by atoms with E-state index in [-0.39, 0.29) is 17.9 Å². The van der Waals surface area contributed by atoms with Crippen LogP contribution in [0.1, 0.15) is 43.9 Å². The second-order valence-electron chi connectivity index (χ2n) is 7.96. The molecule has 4 rings (SSSR count). The van der Waals surface area contributed by atoms with Crippen LogP contribution in [0, 0.1) is 0 Å². The summed E-state index contributed by atoms with van der Waals surface area (Å²) >= 11 is 0. The van der Waals surface area contributed by atoms with E-state index in [9.17, 15) is 14.4 Å². The highest BCUT2D eigenvalue weighted by Crippen LogP contribution is 2.23. The first-order valence-corrected chi connectivity index (χ1v) is 10.7. The van der Waals surface area contributed by atoms with E-state index < -0.39 is 5.91 Å². The Morgan fingerprint density at radius 2 is 1.52 bits per heavy atom. The van der Waals surface area contributed by atoms with Crippen LogP contribution in [-0.4, -0.2) is 51.5 Å². The molecule has 9 nitrogen and oxygen atoms in total. The van der Waals surface area contributed by atoms with Gasteiger partial charge in [-0.2, -0.15) is 5.10 Å². The molecule has 3 aromatic rings. The Morgan fingerprint density at radius 1 is 0.939 bits per heavy atom. The van der Waals surface area contributed by atoms with Gasteiger partial charge in [-0.1, -0.05) is 0 Å². The van der Waals surface area contributed by atoms with Crippen LogP contribution < -0.4 is 15.8 Å². The number of likely N-dealkylation sites (tertiary alicyclic amines) is 1. The van der Waals surface area contributed by atoms with E-state index in [1.165, 1.54) is 6.20 Å². The zero-order valence-electron chi connectivity index (χ0n) is 18.2. The number of aromatic nitrogens is 2. The van der Waals surface area contributed by atoms with Crippen molar-refractivity contribution < 1.29 is 19.1 Å². The molecule has 1 aliphatic rings. The zero-order chi connectivity index (χ0) is 23.4. The van der Waals surface area contributed by atoms with E-state index >= 15 is 0 Å². The number of piperidine rings is 1. The lowest BCUT2D eigenvalue weighted by molar-refractivity contribution is 0.0697. The number of benzene rings is 2. The molecule has 1 fully saturated rings. The molecule has 1 saturated heterocycles. The minimum absolute atomic E-state index is 0.0264. The van der Waals surface area contributed by atoms with Crippen LogP contribution in [0.25, 0.3) is 0 Å². The lowest BCUT2D eigenvalue weighted by atomic mass is 10.0. The first-order valence-electron chi connectivity index (χ1n) is 10.7. The fourth-order valence-corrected chi connectivity index (χ4v) is 3.71. The average molecular weight is 447 g/mol. The highest BCUT2D eigenvalue weighted by molar-refractivity contribution is 5.95. The summed E-state index contributed by atoms with van der Waals surface area (Å²) in [6.07, 6.45) is 4.61. The van der Waals surface area contributed by atoms with Crippen molar-refractivity contribution in [1.29, 1.82) is 0 Å². The Morgan fingerprint density at radius 3 is 2.03 bits per heavy atom. The topological polar surface area (TPSA) is 120 Å². The molecule has 0 bridgehead atoms. The van der Waals surface area contributed by atoms with Crippen LogP contribution >= 0.6 is 0 Å². The number of amides is 3. The normalized spacial score (nSPS) is 14.0. The predicted octanol–water partition coefficient (Wildman–Crippen LogP) is 2.35. The minimum Gasteiger partial charge on any atom is -0.457 e. The maximum absolute atomic E-state index is 12.9. The maximum Gasteiger partial charge on any atom is 0.254 e. The van der Waals surface area contributed by atoms with Crippen LogP contribution in [0.2, 0.25) is 0 Å². The van der Waals surface area contributed by atoms with Crippen molar-refractivity contribution in [3.63, 3.8) is 0 Å². The molecule has 1 aliphatic heterocycles. The van der Waals surface area contributed by atoms with E-state index in [0.29, 0.717) is 54.1 Å². The summed E-state index contributed by atoms with van der Waals surface area (Å²) in [5, 5.41) is 7.03. The van der Waals surface area contributed by atoms with Gasteiger partial charge in [0.05, 0.1) is 11.8 Å². The monoisotopic (exact) mass is 447 g/mol. The van der Waals surface area contributed by atoms with Crippen LogP contribution in [-0.2, 0) is 7.05 Å². The molecule has 2 heterocycles. The van der Waals surface area contributed by atoms with Gasteiger partial charge in [-0.25, -0.2) is 0 Å². The van der Waals surface area contributed by atoms with Crippen LogP contribution in [0.15, 0.2) is 60.9 Å². The van der Waals surface area contributed by atoms with Gasteiger partial charge < -0.3 is 20.7 Å². The minimum atomic E-state index is -0.496. The number of nitrogens with one attached hydrogen (secondary N) is 1. The van der Waals surface area contributed by atoms with Gasteiger partial charge in [0.1, 0.15) is 11.5 Å². The molecule has 2 aromatic carbocycles. The van der Waals surface area contributed by atoms with Crippen molar-refractivity contribution in [2.75, 3.05) is 13.1 Å². The number of nitrogens with zero attached hydrogens (tertiary/aromatic N) is 3. The van der Waals surface area contributed by atoms with Crippen LogP contribution in [0.5, 0.6) is 11.5 Å². The van der Waals surface area contributed by atoms with E-state index in [1.54, 1.807) is 71.4 Å². The summed E-state index contributed by atoms with van der Waals surface area (Å²) < 4.78 is 7.35. The summed E-state index contributed by atoms with van der Waals surface area (Å²) in [6, 6.07) is 13.5. The maximum atomic E-state index is 12.9. The standard InChI is InChI=1S/C24H25N5O4/c1-28-15-18(14-26-28)23(31)27-19-10-12-29(13-11-19)24(32)17-4-8-21(9-5-17)33-20-6-2-16(3-7-20)22(25)30/h2-9,14-15,19H,10-13H2,1H3,(H2,25,30)(H,27,31). The molecule has 3 amide bonds. The number of primary amides is 1. The molecule has 1 aromatic heterocycles. The van der Waals surface area contributed by atoms with Gasteiger partial charge in [0.2, 0.25) is 5.91 Å². The third kappa shape index (κ3) is 5.38. The zero-order valence-corrected chi connectivity index (χ0v) is 18.2. The third-order valence-corrected chi connectivity index (χ3v) is 5.56. The molecule has 0 atom stereocenters. The van der Waals surface area contributed by atoms with Crippen molar-refractivity contribution in [3.8, 4) is 11.5 Å². The smallest absolute Gasteiger partial charge is 0.254 e. The van der Waals surface area contributed by atoms with Crippen molar-refractivity contribution >= 4 is 17.7 Å². The first-order chi connectivity index (χ1) is 15.9.